The third-order valence-corrected chi connectivity index (χ3v) is 8.12. The van der Waals surface area contributed by atoms with E-state index in [2.05, 4.69) is 15.5 Å². The summed E-state index contributed by atoms with van der Waals surface area (Å²) in [6, 6.07) is 15.3. The van der Waals surface area contributed by atoms with E-state index >= 15 is 0 Å². The van der Waals surface area contributed by atoms with Gasteiger partial charge in [-0.25, -0.2) is 0 Å². The van der Waals surface area contributed by atoms with Crippen LogP contribution in [0.15, 0.2) is 97.7 Å². The summed E-state index contributed by atoms with van der Waals surface area (Å²) in [6.45, 7) is 1.56. The second-order valence-corrected chi connectivity index (χ2v) is 12.6. The normalized spacial score (nSPS) is 11.7. The van der Waals surface area contributed by atoms with Gasteiger partial charge in [0.15, 0.2) is 0 Å². The van der Waals surface area contributed by atoms with Gasteiger partial charge in [0.05, 0.1) is 10.6 Å². The SMILES string of the molecule is Cc1ccc(N=Nc2cc3c(NC(=O)c4ccccc4)cc(S(=O)(=O)O)cc3cc2S(=O)(=O)O)c(S(=O)(=O)O)c1.[NaH].[NaH].[NaH]. The van der Waals surface area contributed by atoms with Gasteiger partial charge in [0, 0.05) is 10.9 Å². The van der Waals surface area contributed by atoms with Gasteiger partial charge in [0.2, 0.25) is 0 Å². The first-order valence-corrected chi connectivity index (χ1v) is 15.3. The van der Waals surface area contributed by atoms with Gasteiger partial charge < -0.3 is 5.32 Å². The summed E-state index contributed by atoms with van der Waals surface area (Å²) in [5.41, 5.74) is -0.393. The molecule has 0 bridgehead atoms. The number of hydrogen-bond donors (Lipinski definition) is 4. The van der Waals surface area contributed by atoms with Crippen LogP contribution in [-0.2, 0) is 30.4 Å². The molecule has 0 saturated carbocycles. The predicted molar refractivity (Wildman–Crippen MR) is 165 cm³/mol. The Hall–Kier alpha value is -1.06. The molecule has 4 aromatic rings. The Morgan fingerprint density at radius 2 is 1.23 bits per heavy atom. The second-order valence-electron chi connectivity index (χ2n) is 8.43. The summed E-state index contributed by atoms with van der Waals surface area (Å²) in [5, 5.41) is 9.91. The summed E-state index contributed by atoms with van der Waals surface area (Å²) in [7, 11) is -14.6. The molecule has 4 N–H and O–H groups in total. The molecule has 0 aromatic heterocycles. The zero-order chi connectivity index (χ0) is 29.5. The number of carbonyl (C=O) groups excluding carboxylic acids is 1. The van der Waals surface area contributed by atoms with E-state index in [0.29, 0.717) is 5.56 Å². The molecule has 0 radical (unpaired) electrons. The minimum atomic E-state index is -5.02. The molecule has 0 fully saturated rings. The number of aryl methyl sites for hydroxylation is 1. The van der Waals surface area contributed by atoms with Crippen molar-refractivity contribution in [3.05, 3.63) is 83.9 Å². The monoisotopic (exact) mass is 677 g/mol. The van der Waals surface area contributed by atoms with Gasteiger partial charge in [0.25, 0.3) is 36.3 Å². The van der Waals surface area contributed by atoms with Crippen molar-refractivity contribution in [3.63, 3.8) is 0 Å². The molecule has 43 heavy (non-hydrogen) atoms. The number of rotatable bonds is 7. The van der Waals surface area contributed by atoms with Gasteiger partial charge in [-0.2, -0.15) is 25.3 Å². The standard InChI is InChI=1S/C24H19N3O10S3.3Na.3H/c1-14-7-8-19(22(9-14)39(32,33)34)26-27-21-13-18-16(11-23(21)40(35,36)37)10-17(38(29,30)31)12-20(18)25-24(28)15-5-3-2-4-6-15;;;;;;/h2-13H,1H3,(H,25,28)(H,29,30,31)(H,32,33,34)(H,35,36,37);;;;;;. The van der Waals surface area contributed by atoms with Crippen LogP contribution >= 0.6 is 0 Å². The third-order valence-electron chi connectivity index (χ3n) is 5.52. The summed E-state index contributed by atoms with van der Waals surface area (Å²) >= 11 is 0. The maximum atomic E-state index is 12.8. The van der Waals surface area contributed by atoms with Crippen LogP contribution in [0.1, 0.15) is 15.9 Å². The Kier molecular flexibility index (Phi) is 14.4. The number of azo groups is 1. The maximum absolute atomic E-state index is 12.8. The van der Waals surface area contributed by atoms with Gasteiger partial charge in [-0.05, 0) is 66.4 Å². The van der Waals surface area contributed by atoms with Crippen LogP contribution in [0.5, 0.6) is 0 Å². The molecule has 13 nitrogen and oxygen atoms in total. The average Bonchev–Trinajstić information content (AvgIpc) is 2.86. The first kappa shape index (κ1) is 40.0. The molecule has 0 aliphatic rings. The number of nitrogens with zero attached hydrogens (tertiary/aromatic N) is 2. The first-order valence-electron chi connectivity index (χ1n) is 11.0. The zero-order valence-corrected chi connectivity index (χ0v) is 22.7. The fraction of sp³-hybridized carbons (Fsp3) is 0.0417. The van der Waals surface area contributed by atoms with E-state index in [1.807, 2.05) is 0 Å². The van der Waals surface area contributed by atoms with E-state index in [1.165, 1.54) is 24.3 Å². The number of anilines is 1. The Balaban J connectivity index is 0.00000308. The molecule has 0 spiro atoms. The Morgan fingerprint density at radius 1 is 0.674 bits per heavy atom. The first-order chi connectivity index (χ1) is 18.5. The summed E-state index contributed by atoms with van der Waals surface area (Å²) in [4.78, 5) is 10.7. The molecule has 4 rings (SSSR count). The van der Waals surface area contributed by atoms with Crippen molar-refractivity contribution in [2.45, 2.75) is 21.6 Å². The minimum absolute atomic E-state index is 0. The van der Waals surface area contributed by atoms with Crippen molar-refractivity contribution in [1.82, 2.24) is 0 Å². The average molecular weight is 678 g/mol. The molecular weight excluding hydrogens is 655 g/mol. The van der Waals surface area contributed by atoms with E-state index in [9.17, 15) is 43.7 Å². The van der Waals surface area contributed by atoms with Crippen LogP contribution in [0.2, 0.25) is 0 Å². The summed E-state index contributed by atoms with van der Waals surface area (Å²) in [6.07, 6.45) is 0. The van der Waals surface area contributed by atoms with Crippen molar-refractivity contribution >= 4 is 153 Å². The van der Waals surface area contributed by atoms with Crippen molar-refractivity contribution in [1.29, 1.82) is 0 Å². The fourth-order valence-electron chi connectivity index (χ4n) is 3.69. The number of hydrogen-bond acceptors (Lipinski definition) is 9. The van der Waals surface area contributed by atoms with E-state index in [-0.39, 0.29) is 116 Å². The number of amides is 1. The molecule has 1 amide bonds. The molecule has 0 aliphatic carbocycles. The number of carbonyl (C=O) groups is 1. The molecule has 19 heteroatoms. The molecule has 214 valence electrons. The Morgan fingerprint density at radius 3 is 1.79 bits per heavy atom. The van der Waals surface area contributed by atoms with E-state index in [4.69, 9.17) is 0 Å². The fourth-order valence-corrected chi connectivity index (χ4v) is 5.58. The molecule has 0 atom stereocenters. The van der Waals surface area contributed by atoms with Gasteiger partial charge >= 0.3 is 88.7 Å². The van der Waals surface area contributed by atoms with Gasteiger partial charge in [-0.15, -0.1) is 10.2 Å². The molecular formula is C24H22N3Na3O10S3. The second kappa shape index (κ2) is 15.5. The van der Waals surface area contributed by atoms with Crippen LogP contribution in [0.4, 0.5) is 17.1 Å². The topological polar surface area (TPSA) is 217 Å². The van der Waals surface area contributed by atoms with Crippen LogP contribution in [-0.4, -0.2) is 133 Å². The van der Waals surface area contributed by atoms with Gasteiger partial charge in [-0.3, -0.25) is 18.5 Å². The Bertz CT molecular complexity index is 2040. The van der Waals surface area contributed by atoms with Gasteiger partial charge in [0.1, 0.15) is 21.2 Å². The van der Waals surface area contributed by atoms with Gasteiger partial charge in [-0.1, -0.05) is 24.3 Å². The van der Waals surface area contributed by atoms with E-state index in [0.717, 1.165) is 30.3 Å². The molecule has 0 heterocycles. The van der Waals surface area contributed by atoms with Crippen LogP contribution in [0, 0.1) is 6.92 Å². The zero-order valence-electron chi connectivity index (χ0n) is 20.2. The van der Waals surface area contributed by atoms with E-state index < -0.39 is 56.6 Å². The Labute approximate surface area is 313 Å². The third kappa shape index (κ3) is 9.96. The number of fused-ring (bicyclic) bond motifs is 1. The van der Waals surface area contributed by atoms with Crippen LogP contribution in [0.3, 0.4) is 0 Å². The molecule has 4 aromatic carbocycles. The predicted octanol–water partition coefficient (Wildman–Crippen LogP) is 2.61. The summed E-state index contributed by atoms with van der Waals surface area (Å²) < 4.78 is 101. The number of nitrogens with one attached hydrogen (secondary N) is 1. The van der Waals surface area contributed by atoms with E-state index in [1.54, 1.807) is 25.1 Å². The van der Waals surface area contributed by atoms with Crippen LogP contribution in [0.25, 0.3) is 10.8 Å². The van der Waals surface area contributed by atoms with Crippen molar-refractivity contribution < 1.29 is 43.7 Å². The quantitative estimate of drug-likeness (QED) is 0.127. The van der Waals surface area contributed by atoms with Crippen molar-refractivity contribution in [2.24, 2.45) is 10.2 Å². The summed E-state index contributed by atoms with van der Waals surface area (Å²) in [5.74, 6) is -0.672. The van der Waals surface area contributed by atoms with Crippen molar-refractivity contribution in [2.75, 3.05) is 5.32 Å². The molecule has 0 aliphatic heterocycles. The van der Waals surface area contributed by atoms with Crippen molar-refractivity contribution in [3.8, 4) is 0 Å². The molecule has 0 unspecified atom stereocenters. The number of benzene rings is 4. The molecule has 0 saturated heterocycles. The van der Waals surface area contributed by atoms with Crippen LogP contribution < -0.4 is 5.32 Å².